The van der Waals surface area contributed by atoms with Crippen LogP contribution >= 0.6 is 11.8 Å². The molecule has 55 heavy (non-hydrogen) atoms. The SMILES string of the molecule is C[C@@H]1c2ccccc2Sc2ccc(-c3nc(-c4ccccc4)nc(C4C=CC(c5nc(-c6ccccc6)nc(-c6cccc7ccccc67)n5)=CC4)n3)cc21. The van der Waals surface area contributed by atoms with Crippen LogP contribution in [0.4, 0.5) is 0 Å². The van der Waals surface area contributed by atoms with Crippen molar-refractivity contribution in [3.8, 4) is 45.6 Å². The van der Waals surface area contributed by atoms with Crippen molar-refractivity contribution < 1.29 is 0 Å². The van der Waals surface area contributed by atoms with Crippen LogP contribution in [-0.2, 0) is 0 Å². The van der Waals surface area contributed by atoms with Gasteiger partial charge in [-0.25, -0.2) is 29.9 Å². The fourth-order valence-electron chi connectivity index (χ4n) is 7.48. The fourth-order valence-corrected chi connectivity index (χ4v) is 8.72. The lowest BCUT2D eigenvalue weighted by Crippen LogP contribution is -2.10. The van der Waals surface area contributed by atoms with E-state index >= 15 is 0 Å². The predicted molar refractivity (Wildman–Crippen MR) is 221 cm³/mol. The molecule has 1 aliphatic heterocycles. The summed E-state index contributed by atoms with van der Waals surface area (Å²) >= 11 is 1.83. The highest BCUT2D eigenvalue weighted by molar-refractivity contribution is 7.99. The van der Waals surface area contributed by atoms with Crippen LogP contribution in [0.25, 0.3) is 61.9 Å². The van der Waals surface area contributed by atoms with Crippen LogP contribution in [0.3, 0.4) is 0 Å². The van der Waals surface area contributed by atoms with Crippen molar-refractivity contribution in [3.05, 3.63) is 187 Å². The fraction of sp³-hybridized carbons (Fsp3) is 0.0833. The Morgan fingerprint density at radius 1 is 0.509 bits per heavy atom. The first-order chi connectivity index (χ1) is 27.1. The molecule has 7 heteroatoms. The van der Waals surface area contributed by atoms with Crippen LogP contribution in [0.15, 0.2) is 174 Å². The van der Waals surface area contributed by atoms with Crippen molar-refractivity contribution in [2.45, 2.75) is 35.0 Å². The molecule has 0 amide bonds. The summed E-state index contributed by atoms with van der Waals surface area (Å²) in [6.45, 7) is 2.28. The Morgan fingerprint density at radius 3 is 1.91 bits per heavy atom. The molecule has 6 nitrogen and oxygen atoms in total. The molecule has 2 atom stereocenters. The molecule has 1 unspecified atom stereocenters. The first-order valence-electron chi connectivity index (χ1n) is 18.6. The number of hydrogen-bond acceptors (Lipinski definition) is 7. The van der Waals surface area contributed by atoms with E-state index in [0.29, 0.717) is 35.5 Å². The second kappa shape index (κ2) is 14.0. The zero-order chi connectivity index (χ0) is 36.7. The Morgan fingerprint density at radius 2 is 1.13 bits per heavy atom. The van der Waals surface area contributed by atoms with Crippen LogP contribution in [0.1, 0.15) is 48.0 Å². The van der Waals surface area contributed by atoms with Gasteiger partial charge in [0.05, 0.1) is 0 Å². The van der Waals surface area contributed by atoms with Crippen molar-refractivity contribution in [2.24, 2.45) is 0 Å². The predicted octanol–water partition coefficient (Wildman–Crippen LogP) is 11.6. The Balaban J connectivity index is 1.02. The lowest BCUT2D eigenvalue weighted by atomic mass is 9.91. The highest BCUT2D eigenvalue weighted by Gasteiger charge is 2.25. The Hall–Kier alpha value is -6.57. The minimum absolute atomic E-state index is 0.0556. The summed E-state index contributed by atoms with van der Waals surface area (Å²) in [5.74, 6) is 4.21. The van der Waals surface area contributed by atoms with Gasteiger partial charge in [0.25, 0.3) is 0 Å². The van der Waals surface area contributed by atoms with E-state index in [-0.39, 0.29) is 11.8 Å². The molecule has 0 bridgehead atoms. The number of aromatic nitrogens is 6. The summed E-state index contributed by atoms with van der Waals surface area (Å²) in [4.78, 5) is 33.0. The van der Waals surface area contributed by atoms with Gasteiger partial charge < -0.3 is 0 Å². The van der Waals surface area contributed by atoms with E-state index in [0.717, 1.165) is 44.4 Å². The molecule has 3 heterocycles. The van der Waals surface area contributed by atoms with Gasteiger partial charge in [-0.3, -0.25) is 0 Å². The number of fused-ring (bicyclic) bond motifs is 3. The maximum Gasteiger partial charge on any atom is 0.164 e. The van der Waals surface area contributed by atoms with Crippen LogP contribution in [0.2, 0.25) is 0 Å². The van der Waals surface area contributed by atoms with Crippen LogP contribution in [0, 0.1) is 0 Å². The molecule has 2 aromatic heterocycles. The summed E-state index contributed by atoms with van der Waals surface area (Å²) < 4.78 is 0. The van der Waals surface area contributed by atoms with Gasteiger partial charge in [-0.05, 0) is 46.5 Å². The minimum Gasteiger partial charge on any atom is -0.212 e. The molecule has 0 fully saturated rings. The van der Waals surface area contributed by atoms with Gasteiger partial charge in [-0.1, -0.05) is 164 Å². The van der Waals surface area contributed by atoms with Gasteiger partial charge in [0, 0.05) is 49.5 Å². The summed E-state index contributed by atoms with van der Waals surface area (Å²) in [7, 11) is 0. The number of allylic oxidation sites excluding steroid dienone is 4. The topological polar surface area (TPSA) is 77.3 Å². The minimum atomic E-state index is -0.0556. The molecule has 10 rings (SSSR count). The largest absolute Gasteiger partial charge is 0.212 e. The van der Waals surface area contributed by atoms with Gasteiger partial charge in [0.2, 0.25) is 0 Å². The molecule has 6 aromatic carbocycles. The lowest BCUT2D eigenvalue weighted by molar-refractivity contribution is 0.764. The average Bonchev–Trinajstić information content (AvgIpc) is 3.26. The number of hydrogen-bond donors (Lipinski definition) is 0. The van der Waals surface area contributed by atoms with Crippen molar-refractivity contribution in [1.82, 2.24) is 29.9 Å². The summed E-state index contributed by atoms with van der Waals surface area (Å²) in [6, 6.07) is 50.2. The normalized spacial score (nSPS) is 16.0. The zero-order valence-corrected chi connectivity index (χ0v) is 30.9. The van der Waals surface area contributed by atoms with Crippen molar-refractivity contribution in [1.29, 1.82) is 0 Å². The first kappa shape index (κ1) is 33.0. The van der Waals surface area contributed by atoms with Crippen molar-refractivity contribution in [3.63, 3.8) is 0 Å². The summed E-state index contributed by atoms with van der Waals surface area (Å²) in [6.07, 6.45) is 7.16. The van der Waals surface area contributed by atoms with Gasteiger partial charge in [-0.15, -0.1) is 0 Å². The quantitative estimate of drug-likeness (QED) is 0.169. The molecule has 0 radical (unpaired) electrons. The van der Waals surface area contributed by atoms with Crippen LogP contribution < -0.4 is 0 Å². The van der Waals surface area contributed by atoms with E-state index in [1.54, 1.807) is 0 Å². The Bertz CT molecular complexity index is 2790. The molecule has 0 N–H and O–H groups in total. The molecule has 262 valence electrons. The van der Waals surface area contributed by atoms with Crippen LogP contribution in [0.5, 0.6) is 0 Å². The maximum absolute atomic E-state index is 5.15. The van der Waals surface area contributed by atoms with E-state index in [2.05, 4.69) is 122 Å². The average molecular weight is 727 g/mol. The second-order valence-electron chi connectivity index (χ2n) is 13.9. The number of nitrogens with zero attached hydrogens (tertiary/aromatic N) is 6. The van der Waals surface area contributed by atoms with E-state index in [4.69, 9.17) is 29.9 Å². The molecule has 0 spiro atoms. The number of rotatable bonds is 6. The second-order valence-corrected chi connectivity index (χ2v) is 15.0. The maximum atomic E-state index is 5.15. The zero-order valence-electron chi connectivity index (χ0n) is 30.0. The standard InChI is InChI=1S/C48H34N6S/c1-30-37-19-10-11-22-41(37)55-42-28-27-36(29-40(30)42)47-51-43(32-14-4-2-5-15-32)49-45(52-47)34-23-25-35(26-24-34)46-50-44(33-16-6-3-7-17-33)53-48(54-46)39-21-12-18-31-13-8-9-20-38(31)39/h2-23,25-30,34H,24H2,1H3/t30-,34?/m1/s1. The van der Waals surface area contributed by atoms with Gasteiger partial charge in [0.15, 0.2) is 29.1 Å². The van der Waals surface area contributed by atoms with Crippen LogP contribution in [-0.4, -0.2) is 29.9 Å². The van der Waals surface area contributed by atoms with Gasteiger partial charge >= 0.3 is 0 Å². The Kier molecular flexibility index (Phi) is 8.41. The smallest absolute Gasteiger partial charge is 0.164 e. The summed E-state index contributed by atoms with van der Waals surface area (Å²) in [5, 5.41) is 2.25. The van der Waals surface area contributed by atoms with Gasteiger partial charge in [0.1, 0.15) is 5.82 Å². The molecule has 8 aromatic rings. The third-order valence-electron chi connectivity index (χ3n) is 10.4. The van der Waals surface area contributed by atoms with Crippen molar-refractivity contribution >= 4 is 28.1 Å². The van der Waals surface area contributed by atoms with E-state index in [1.165, 1.54) is 20.9 Å². The van der Waals surface area contributed by atoms with E-state index in [9.17, 15) is 0 Å². The monoisotopic (exact) mass is 726 g/mol. The number of benzene rings is 6. The molecule has 2 aliphatic rings. The van der Waals surface area contributed by atoms with Gasteiger partial charge in [-0.2, -0.15) is 0 Å². The molecular weight excluding hydrogens is 693 g/mol. The highest BCUT2D eigenvalue weighted by Crippen LogP contribution is 2.46. The van der Waals surface area contributed by atoms with Crippen molar-refractivity contribution in [2.75, 3.05) is 0 Å². The third-order valence-corrected chi connectivity index (χ3v) is 11.6. The van der Waals surface area contributed by atoms with E-state index < -0.39 is 0 Å². The molecule has 0 saturated heterocycles. The third kappa shape index (κ3) is 6.32. The molecule has 1 aliphatic carbocycles. The molecular formula is C48H34N6S. The first-order valence-corrected chi connectivity index (χ1v) is 19.4. The lowest BCUT2D eigenvalue weighted by Gasteiger charge is -2.25. The van der Waals surface area contributed by atoms with E-state index in [1.807, 2.05) is 60.3 Å². The molecule has 0 saturated carbocycles. The highest BCUT2D eigenvalue weighted by atomic mass is 32.2. The Labute approximate surface area is 323 Å². The summed E-state index contributed by atoms with van der Waals surface area (Å²) in [5.41, 5.74) is 7.45.